The Morgan fingerprint density at radius 3 is 2.92 bits per heavy atom. The number of hydrazone groups is 1. The fourth-order valence-corrected chi connectivity index (χ4v) is 3.29. The first-order valence-electron chi connectivity index (χ1n) is 8.45. The van der Waals surface area contributed by atoms with E-state index in [1.807, 2.05) is 49.6 Å². The van der Waals surface area contributed by atoms with Gasteiger partial charge >= 0.3 is 0 Å². The molecule has 5 nitrogen and oxygen atoms in total. The summed E-state index contributed by atoms with van der Waals surface area (Å²) in [5, 5.41) is 15.9. The summed E-state index contributed by atoms with van der Waals surface area (Å²) >= 11 is 1.40. The number of carbonyl (C=O) groups is 1. The van der Waals surface area contributed by atoms with Crippen LogP contribution in [0.5, 0.6) is 5.75 Å². The molecule has 6 heteroatoms. The number of hydrogen-bond donors (Lipinski definition) is 1. The largest absolute Gasteiger partial charge is 0.507 e. The number of hydrogen-bond acceptors (Lipinski definition) is 5. The highest BCUT2D eigenvalue weighted by molar-refractivity contribution is 7.97. The summed E-state index contributed by atoms with van der Waals surface area (Å²) in [6, 6.07) is 7.07. The van der Waals surface area contributed by atoms with Crippen molar-refractivity contribution in [3.05, 3.63) is 65.3 Å². The van der Waals surface area contributed by atoms with E-state index >= 15 is 0 Å². The Morgan fingerprint density at radius 1 is 1.38 bits per heavy atom. The van der Waals surface area contributed by atoms with Crippen LogP contribution >= 0.6 is 11.9 Å². The molecule has 0 bridgehead atoms. The Hall–Kier alpha value is -2.60. The zero-order valence-corrected chi connectivity index (χ0v) is 15.7. The number of rotatable bonds is 4. The van der Waals surface area contributed by atoms with Crippen LogP contribution in [-0.2, 0) is 4.79 Å². The van der Waals surface area contributed by atoms with Gasteiger partial charge in [-0.15, -0.1) is 0 Å². The van der Waals surface area contributed by atoms with Crippen LogP contribution in [0.25, 0.3) is 0 Å². The van der Waals surface area contributed by atoms with Gasteiger partial charge in [0.15, 0.2) is 0 Å². The molecule has 1 aliphatic carbocycles. The van der Waals surface area contributed by atoms with Gasteiger partial charge in [-0.05, 0) is 48.2 Å². The Balaban J connectivity index is 1.72. The van der Waals surface area contributed by atoms with Crippen LogP contribution in [0.3, 0.4) is 0 Å². The molecule has 3 rings (SSSR count). The molecule has 26 heavy (non-hydrogen) atoms. The average molecular weight is 367 g/mol. The van der Waals surface area contributed by atoms with Crippen molar-refractivity contribution in [1.82, 2.24) is 5.01 Å². The minimum absolute atomic E-state index is 0.0567. The Morgan fingerprint density at radius 2 is 2.19 bits per heavy atom. The maximum atomic E-state index is 12.6. The molecule has 0 spiro atoms. The minimum atomic E-state index is -0.0567. The number of aromatic hydroxyl groups is 1. The topological polar surface area (TPSA) is 65.3 Å². The van der Waals surface area contributed by atoms with Crippen molar-refractivity contribution in [2.24, 2.45) is 9.50 Å². The first-order valence-corrected chi connectivity index (χ1v) is 9.63. The lowest BCUT2D eigenvalue weighted by Crippen LogP contribution is -2.23. The molecule has 134 valence electrons. The Labute approximate surface area is 157 Å². The molecule has 1 aromatic carbocycles. The molecule has 0 fully saturated rings. The summed E-state index contributed by atoms with van der Waals surface area (Å²) in [5.41, 5.74) is 4.28. The molecule has 0 unspecified atom stereocenters. The second-order valence-electron chi connectivity index (χ2n) is 5.96. The SMILES string of the molecule is CC=C1C=CC(CC(=O)N2CCC(c3ccccc3O)=N2)=C/C1=N/SC. The fourth-order valence-electron chi connectivity index (χ4n) is 2.93. The van der Waals surface area contributed by atoms with E-state index in [0.717, 1.165) is 22.6 Å². The molecule has 0 aromatic heterocycles. The monoisotopic (exact) mass is 367 g/mol. The van der Waals surface area contributed by atoms with E-state index in [1.54, 1.807) is 12.1 Å². The smallest absolute Gasteiger partial charge is 0.247 e. The van der Waals surface area contributed by atoms with Gasteiger partial charge in [0.1, 0.15) is 5.75 Å². The van der Waals surface area contributed by atoms with Gasteiger partial charge < -0.3 is 5.11 Å². The lowest BCUT2D eigenvalue weighted by molar-refractivity contribution is -0.129. The van der Waals surface area contributed by atoms with Crippen LogP contribution in [0.15, 0.2) is 69.2 Å². The maximum Gasteiger partial charge on any atom is 0.247 e. The molecule has 1 aromatic rings. The number of allylic oxidation sites excluding steroid dienone is 5. The van der Waals surface area contributed by atoms with Crippen molar-refractivity contribution in [1.29, 1.82) is 0 Å². The first-order chi connectivity index (χ1) is 12.6. The van der Waals surface area contributed by atoms with Crippen molar-refractivity contribution in [3.63, 3.8) is 0 Å². The third kappa shape index (κ3) is 3.96. The minimum Gasteiger partial charge on any atom is -0.507 e. The van der Waals surface area contributed by atoms with Crippen molar-refractivity contribution in [2.75, 3.05) is 12.8 Å². The summed E-state index contributed by atoms with van der Waals surface area (Å²) in [4.78, 5) is 12.6. The first kappa shape index (κ1) is 18.2. The zero-order valence-electron chi connectivity index (χ0n) is 14.8. The quantitative estimate of drug-likeness (QED) is 0.822. The highest BCUT2D eigenvalue weighted by Crippen LogP contribution is 2.24. The van der Waals surface area contributed by atoms with Gasteiger partial charge in [-0.2, -0.15) is 5.10 Å². The molecule has 2 aliphatic rings. The summed E-state index contributed by atoms with van der Waals surface area (Å²) in [5.74, 6) is 0.133. The van der Waals surface area contributed by atoms with E-state index in [-0.39, 0.29) is 18.1 Å². The van der Waals surface area contributed by atoms with E-state index < -0.39 is 0 Å². The standard InChI is InChI=1S/C20H21N3O2S/c1-3-15-9-8-14(12-18(15)22-26-2)13-20(25)23-11-10-17(21-23)16-6-4-5-7-19(16)24/h3-9,12,24H,10-11,13H2,1-2H3/b15-3?,22-18-. The second-order valence-corrected chi connectivity index (χ2v) is 6.51. The predicted molar refractivity (Wildman–Crippen MR) is 108 cm³/mol. The van der Waals surface area contributed by atoms with Crippen molar-refractivity contribution in [3.8, 4) is 5.75 Å². The summed E-state index contributed by atoms with van der Waals surface area (Å²) in [6.07, 6.45) is 10.7. The lowest BCUT2D eigenvalue weighted by Gasteiger charge is -2.14. The van der Waals surface area contributed by atoms with Crippen molar-refractivity contribution in [2.45, 2.75) is 19.8 Å². The number of phenols is 1. The van der Waals surface area contributed by atoms with Crippen LogP contribution in [0.4, 0.5) is 0 Å². The molecule has 1 heterocycles. The fraction of sp³-hybridized carbons (Fsp3) is 0.250. The number of carbonyl (C=O) groups excluding carboxylic acids is 1. The molecule has 1 aliphatic heterocycles. The number of para-hydroxylation sites is 1. The molecular formula is C20H21N3O2S. The number of nitrogens with zero attached hydrogens (tertiary/aromatic N) is 3. The highest BCUT2D eigenvalue weighted by atomic mass is 32.2. The normalized spacial score (nSPS) is 19.8. The number of amides is 1. The predicted octanol–water partition coefficient (Wildman–Crippen LogP) is 3.88. The van der Waals surface area contributed by atoms with Gasteiger partial charge in [-0.3, -0.25) is 4.79 Å². The van der Waals surface area contributed by atoms with E-state index in [1.165, 1.54) is 17.0 Å². The van der Waals surface area contributed by atoms with Gasteiger partial charge in [0.25, 0.3) is 0 Å². The molecule has 1 amide bonds. The van der Waals surface area contributed by atoms with Gasteiger partial charge in [-0.1, -0.05) is 30.4 Å². The van der Waals surface area contributed by atoms with E-state index in [2.05, 4.69) is 9.50 Å². The number of benzene rings is 1. The molecular weight excluding hydrogens is 346 g/mol. The van der Waals surface area contributed by atoms with Crippen LogP contribution in [0.1, 0.15) is 25.3 Å². The van der Waals surface area contributed by atoms with Gasteiger partial charge in [0, 0.05) is 18.2 Å². The molecule has 0 radical (unpaired) electrons. The summed E-state index contributed by atoms with van der Waals surface area (Å²) < 4.78 is 4.41. The lowest BCUT2D eigenvalue weighted by atomic mass is 9.98. The van der Waals surface area contributed by atoms with Gasteiger partial charge in [0.05, 0.1) is 24.4 Å². The van der Waals surface area contributed by atoms with E-state index in [9.17, 15) is 9.90 Å². The number of phenolic OH excluding ortho intramolecular Hbond substituents is 1. The van der Waals surface area contributed by atoms with Crippen LogP contribution in [-0.4, -0.2) is 40.2 Å². The molecule has 0 saturated carbocycles. The maximum absolute atomic E-state index is 12.6. The third-order valence-electron chi connectivity index (χ3n) is 4.26. The van der Waals surface area contributed by atoms with E-state index in [4.69, 9.17) is 0 Å². The van der Waals surface area contributed by atoms with Crippen LogP contribution in [0, 0.1) is 0 Å². The van der Waals surface area contributed by atoms with Crippen molar-refractivity contribution < 1.29 is 9.90 Å². The van der Waals surface area contributed by atoms with Gasteiger partial charge in [0.2, 0.25) is 5.91 Å². The Bertz CT molecular complexity index is 866. The second kappa shape index (κ2) is 8.19. The van der Waals surface area contributed by atoms with Gasteiger partial charge in [-0.25, -0.2) is 9.41 Å². The van der Waals surface area contributed by atoms with Crippen LogP contribution < -0.4 is 0 Å². The van der Waals surface area contributed by atoms with Crippen molar-refractivity contribution >= 4 is 29.3 Å². The third-order valence-corrected chi connectivity index (χ3v) is 4.63. The average Bonchev–Trinajstić information content (AvgIpc) is 3.13. The zero-order chi connectivity index (χ0) is 18.5. The highest BCUT2D eigenvalue weighted by Gasteiger charge is 2.23. The molecule has 1 N–H and O–H groups in total. The van der Waals surface area contributed by atoms with Crippen LogP contribution in [0.2, 0.25) is 0 Å². The molecule has 0 atom stereocenters. The molecule has 0 saturated heterocycles. The Kier molecular flexibility index (Phi) is 5.73. The van der Waals surface area contributed by atoms with E-state index in [0.29, 0.717) is 18.5 Å². The summed E-state index contributed by atoms with van der Waals surface area (Å²) in [7, 11) is 0. The summed E-state index contributed by atoms with van der Waals surface area (Å²) in [6.45, 7) is 2.50.